The molecule has 13 N–H and O–H groups in total. The third-order valence-corrected chi connectivity index (χ3v) is 17.4. The van der Waals surface area contributed by atoms with Crippen molar-refractivity contribution in [3.05, 3.63) is 75.7 Å². The molecule has 1 aromatic heterocycles. The van der Waals surface area contributed by atoms with Crippen LogP contribution in [0.1, 0.15) is 172 Å². The van der Waals surface area contributed by atoms with E-state index in [2.05, 4.69) is 48.1 Å². The number of terminal acetylenes is 1. The average molecular weight is 1360 g/mol. The number of thiazole rings is 1. The Hall–Kier alpha value is -8.72. The van der Waals surface area contributed by atoms with Gasteiger partial charge in [-0.1, -0.05) is 78.6 Å². The molecule has 9 atom stereocenters. The number of primary amides is 1. The molecule has 0 saturated carbocycles. The zero-order valence-electron chi connectivity index (χ0n) is 56.7. The number of aromatic nitrogens is 1. The van der Waals surface area contributed by atoms with Crippen molar-refractivity contribution in [2.45, 2.75) is 201 Å². The molecule has 0 unspecified atom stereocenters. The molecule has 96 heavy (non-hydrogen) atoms. The molecular weight excluding hydrogens is 1260 g/mol. The van der Waals surface area contributed by atoms with E-state index in [0.717, 1.165) is 30.7 Å². The van der Waals surface area contributed by atoms with E-state index in [1.165, 1.54) is 31.2 Å². The highest BCUT2D eigenvalue weighted by Crippen LogP contribution is 2.33. The van der Waals surface area contributed by atoms with Gasteiger partial charge >= 0.3 is 30.0 Å². The van der Waals surface area contributed by atoms with Crippen LogP contribution >= 0.6 is 11.3 Å². The standard InChI is InChI=1S/C67H98N12O16S/c1-12-14-17-33-94-79(63(88)56(41(7)13-2)77-60(86)51-20-15-16-32-78(51)11)52(39(3)4)35-53(95-42(8)80)62-75-50(38-96-62)59(85)72-47(36-67(9,10)64(89)90)34-43-21-25-46(26-22-43)73-66(92)93-37-44-23-27-45(28-24-44)71-58(84)49(19-18-31-70-65(69)91)74-61(87)55(40(5)6)76-57(83)48(68)29-30-54(81)82/h1,21-28,38-41,47-49,51-53,55-56H,13-20,29-37,68H2,2-11H3,(H,71,84)(H,72,85)(H,73,92)(H,74,87)(H,76,83)(H,77,86)(H,81,82)(H,89,90)(H3,69,70,91)/t41-,47-,48-,49-,51+,52+,53+,55-,56-/m0/s1. The molecule has 2 heterocycles. The summed E-state index contributed by atoms with van der Waals surface area (Å²) in [6, 6.07) is 5.78. The third-order valence-electron chi connectivity index (χ3n) is 16.4. The second-order valence-electron chi connectivity index (χ2n) is 25.5. The van der Waals surface area contributed by atoms with Crippen LogP contribution in [0.4, 0.5) is 21.0 Å². The number of urea groups is 1. The van der Waals surface area contributed by atoms with Gasteiger partial charge in [-0.3, -0.25) is 58.2 Å². The summed E-state index contributed by atoms with van der Waals surface area (Å²) in [4.78, 5) is 156. The van der Waals surface area contributed by atoms with Gasteiger partial charge in [0.25, 0.3) is 11.8 Å². The zero-order valence-corrected chi connectivity index (χ0v) is 57.5. The number of likely N-dealkylation sites (N-methyl/N-ethyl adjacent to an activating group) is 1. The summed E-state index contributed by atoms with van der Waals surface area (Å²) >= 11 is 1.06. The van der Waals surface area contributed by atoms with E-state index in [1.54, 1.807) is 62.4 Å². The van der Waals surface area contributed by atoms with Crippen molar-refractivity contribution < 1.29 is 77.3 Å². The number of carboxylic acid groups (broad SMARTS) is 2. The number of likely N-dealkylation sites (tertiary alicyclic amines) is 1. The highest BCUT2D eigenvalue weighted by atomic mass is 32.1. The normalized spacial score (nSPS) is 15.7. The Balaban J connectivity index is 1.45. The number of carbonyl (C=O) groups excluding carboxylic acids is 9. The Kier molecular flexibility index (Phi) is 32.7. The molecule has 0 spiro atoms. The number of amides is 9. The van der Waals surface area contributed by atoms with Crippen molar-refractivity contribution in [1.82, 2.24) is 41.5 Å². The van der Waals surface area contributed by atoms with Gasteiger partial charge in [-0.25, -0.2) is 19.6 Å². The van der Waals surface area contributed by atoms with Crippen LogP contribution in [0.25, 0.3) is 0 Å². The van der Waals surface area contributed by atoms with Crippen molar-refractivity contribution in [2.24, 2.45) is 34.6 Å². The number of nitrogens with zero attached hydrogens (tertiary/aromatic N) is 3. The first-order chi connectivity index (χ1) is 45.3. The number of unbranched alkanes of at least 4 members (excludes halogenated alkanes) is 1. The van der Waals surface area contributed by atoms with Crippen LogP contribution in [-0.4, -0.2) is 160 Å². The number of hydrogen-bond acceptors (Lipinski definition) is 18. The number of carbonyl (C=O) groups is 11. The number of carboxylic acids is 2. The largest absolute Gasteiger partial charge is 0.481 e. The van der Waals surface area contributed by atoms with Crippen LogP contribution in [0.15, 0.2) is 53.9 Å². The summed E-state index contributed by atoms with van der Waals surface area (Å²) < 4.78 is 11.4. The molecule has 4 rings (SSSR count). The second kappa shape index (κ2) is 39.3. The van der Waals surface area contributed by atoms with Gasteiger partial charge in [0.15, 0.2) is 6.10 Å². The molecule has 2 aromatic carbocycles. The van der Waals surface area contributed by atoms with Gasteiger partial charge in [0.05, 0.1) is 30.1 Å². The van der Waals surface area contributed by atoms with Crippen LogP contribution in [0.2, 0.25) is 0 Å². The lowest BCUT2D eigenvalue weighted by molar-refractivity contribution is -0.213. The highest BCUT2D eigenvalue weighted by Gasteiger charge is 2.41. The molecule has 1 aliphatic heterocycles. The number of benzene rings is 2. The van der Waals surface area contributed by atoms with Gasteiger partial charge in [-0.05, 0) is 132 Å². The monoisotopic (exact) mass is 1360 g/mol. The van der Waals surface area contributed by atoms with Gasteiger partial charge in [0, 0.05) is 55.5 Å². The molecule has 28 nitrogen and oxygen atoms in total. The fourth-order valence-corrected chi connectivity index (χ4v) is 11.4. The predicted molar refractivity (Wildman–Crippen MR) is 359 cm³/mol. The first kappa shape index (κ1) is 79.7. The van der Waals surface area contributed by atoms with Gasteiger partial charge in [0.2, 0.25) is 23.6 Å². The van der Waals surface area contributed by atoms with Crippen LogP contribution in [0.5, 0.6) is 0 Å². The minimum Gasteiger partial charge on any atom is -0.481 e. The van der Waals surface area contributed by atoms with Crippen molar-refractivity contribution in [2.75, 3.05) is 37.4 Å². The van der Waals surface area contributed by atoms with Gasteiger partial charge in [0.1, 0.15) is 35.4 Å². The van der Waals surface area contributed by atoms with Crippen molar-refractivity contribution in [1.29, 1.82) is 0 Å². The van der Waals surface area contributed by atoms with E-state index < -0.39 is 119 Å². The number of esters is 1. The van der Waals surface area contributed by atoms with E-state index in [4.69, 9.17) is 37.3 Å². The molecule has 1 aliphatic rings. The van der Waals surface area contributed by atoms with Crippen LogP contribution in [-0.2, 0) is 65.7 Å². The first-order valence-electron chi connectivity index (χ1n) is 32.4. The average Bonchev–Trinajstić information content (AvgIpc) is 1.38. The number of piperidine rings is 1. The van der Waals surface area contributed by atoms with Crippen LogP contribution < -0.4 is 48.7 Å². The number of anilines is 2. The molecule has 0 radical (unpaired) electrons. The van der Waals surface area contributed by atoms with Crippen LogP contribution in [0.3, 0.4) is 0 Å². The zero-order chi connectivity index (χ0) is 71.4. The maximum Gasteiger partial charge on any atom is 0.411 e. The van der Waals surface area contributed by atoms with Crippen molar-refractivity contribution >= 4 is 88.2 Å². The van der Waals surface area contributed by atoms with E-state index in [0.29, 0.717) is 48.2 Å². The number of aliphatic carboxylic acids is 2. The number of ether oxygens (including phenoxy) is 2. The molecule has 1 saturated heterocycles. The molecular formula is C67H98N12O16S. The maximum atomic E-state index is 14.9. The Morgan fingerprint density at radius 3 is 2.07 bits per heavy atom. The minimum atomic E-state index is -1.30. The van der Waals surface area contributed by atoms with Gasteiger partial charge in [-0.2, -0.15) is 0 Å². The summed E-state index contributed by atoms with van der Waals surface area (Å²) in [6.45, 7) is 16.0. The Labute approximate surface area is 565 Å². The summed E-state index contributed by atoms with van der Waals surface area (Å²) in [5.41, 5.74) is 11.6. The quantitative estimate of drug-likeness (QED) is 0.0132. The molecule has 3 aromatic rings. The smallest absolute Gasteiger partial charge is 0.411 e. The maximum absolute atomic E-state index is 14.9. The summed E-state index contributed by atoms with van der Waals surface area (Å²) in [5, 5.41) is 41.3. The molecule has 0 bridgehead atoms. The van der Waals surface area contributed by atoms with E-state index in [9.17, 15) is 57.8 Å². The summed E-state index contributed by atoms with van der Waals surface area (Å²) in [7, 11) is 1.89. The molecule has 29 heteroatoms. The molecule has 528 valence electrons. The lowest BCUT2D eigenvalue weighted by Gasteiger charge is -2.39. The topological polar surface area (TPSA) is 412 Å². The molecule has 0 aliphatic carbocycles. The van der Waals surface area contributed by atoms with Crippen LogP contribution in [0, 0.1) is 35.5 Å². The first-order valence-corrected chi connectivity index (χ1v) is 33.3. The number of nitrogens with two attached hydrogens (primary N) is 2. The second-order valence-corrected chi connectivity index (χ2v) is 26.4. The van der Waals surface area contributed by atoms with Crippen molar-refractivity contribution in [3.8, 4) is 12.3 Å². The minimum absolute atomic E-state index is 0.00430. The fraction of sp³-hybridized carbons (Fsp3) is 0.582. The SMILES string of the molecule is C#CCCCON(C(=O)[C@@H](NC(=O)[C@H]1CCCCN1C)[C@@H](C)CC)[C@H](C[C@@H](OC(C)=O)c1nc(C(=O)N[C@@H](Cc2ccc(NC(=O)OCc3ccc(NC(=O)[C@H](CCCNC(N)=O)NC(=O)[C@@H](NC(=O)[C@@H](N)CCC(=O)O)C(C)C)cc3)cc2)CC(C)(C)C(=O)O)cs1)C(C)C. The molecule has 1 fully saturated rings. The summed E-state index contributed by atoms with van der Waals surface area (Å²) in [5.74, 6) is -4.78. The van der Waals surface area contributed by atoms with E-state index in [1.807, 2.05) is 39.6 Å². The number of hydrogen-bond donors (Lipinski definition) is 11. The van der Waals surface area contributed by atoms with Gasteiger partial charge in [-0.15, -0.1) is 23.7 Å². The lowest BCUT2D eigenvalue weighted by atomic mass is 9.84. The van der Waals surface area contributed by atoms with E-state index in [-0.39, 0.29) is 93.1 Å². The fourth-order valence-electron chi connectivity index (χ4n) is 10.5. The number of hydroxylamine groups is 2. The highest BCUT2D eigenvalue weighted by molar-refractivity contribution is 7.09. The van der Waals surface area contributed by atoms with Gasteiger partial charge < -0.3 is 63.1 Å². The Morgan fingerprint density at radius 1 is 0.833 bits per heavy atom. The number of nitrogens with one attached hydrogen (secondary N) is 7. The Morgan fingerprint density at radius 2 is 1.49 bits per heavy atom. The van der Waals surface area contributed by atoms with E-state index >= 15 is 0 Å². The lowest BCUT2D eigenvalue weighted by Crippen LogP contribution is -2.58. The number of rotatable bonds is 39. The Bertz CT molecular complexity index is 3150. The third kappa shape index (κ3) is 26.5. The molecule has 9 amide bonds. The predicted octanol–water partition coefficient (Wildman–Crippen LogP) is 6.15. The summed E-state index contributed by atoms with van der Waals surface area (Å²) in [6.07, 6.45) is 7.47. The van der Waals surface area contributed by atoms with Crippen molar-refractivity contribution in [3.63, 3.8) is 0 Å².